The Morgan fingerprint density at radius 3 is 2.80 bits per heavy atom. The maximum Gasteiger partial charge on any atom is 0.335 e. The molecule has 8 nitrogen and oxygen atoms in total. The van der Waals surface area contributed by atoms with E-state index in [0.717, 1.165) is 40.1 Å². The summed E-state index contributed by atoms with van der Waals surface area (Å²) < 4.78 is 13.8. The van der Waals surface area contributed by atoms with Crippen molar-refractivity contribution in [2.24, 2.45) is 0 Å². The highest BCUT2D eigenvalue weighted by atomic mass is 35.5. The molecule has 1 amide bonds. The van der Waals surface area contributed by atoms with Crippen LogP contribution in [0.1, 0.15) is 40.7 Å². The molecule has 9 heteroatoms. The van der Waals surface area contributed by atoms with E-state index in [4.69, 9.17) is 21.1 Å². The molecule has 1 aromatic heterocycles. The maximum absolute atomic E-state index is 13.3. The fourth-order valence-corrected chi connectivity index (χ4v) is 4.92. The highest BCUT2D eigenvalue weighted by Crippen LogP contribution is 2.40. The van der Waals surface area contributed by atoms with Crippen molar-refractivity contribution in [3.8, 4) is 22.6 Å². The summed E-state index contributed by atoms with van der Waals surface area (Å²) in [6, 6.07) is 18.2. The molecule has 0 saturated carbocycles. The lowest BCUT2D eigenvalue weighted by molar-refractivity contribution is -0.118. The normalized spacial score (nSPS) is 12.8. The van der Waals surface area contributed by atoms with Crippen LogP contribution in [0.15, 0.2) is 73.1 Å². The van der Waals surface area contributed by atoms with Gasteiger partial charge < -0.3 is 19.5 Å². The second-order valence-electron chi connectivity index (χ2n) is 9.65. The predicted molar refractivity (Wildman–Crippen MR) is 154 cm³/mol. The minimum atomic E-state index is -0.963. The van der Waals surface area contributed by atoms with Gasteiger partial charge in [-0.1, -0.05) is 41.9 Å². The number of nitrogens with zero attached hydrogens (tertiary/aromatic N) is 3. The molecule has 3 aromatic carbocycles. The molecule has 0 aliphatic carbocycles. The predicted octanol–water partition coefficient (Wildman–Crippen LogP) is 6.23. The van der Waals surface area contributed by atoms with E-state index in [9.17, 15) is 14.7 Å². The second-order valence-corrected chi connectivity index (χ2v) is 10.1. The summed E-state index contributed by atoms with van der Waals surface area (Å²) in [6.45, 7) is 3.83. The third kappa shape index (κ3) is 6.13. The van der Waals surface area contributed by atoms with E-state index in [-0.39, 0.29) is 11.5 Å². The largest absolute Gasteiger partial charge is 0.493 e. The highest BCUT2D eigenvalue weighted by Gasteiger charge is 2.25. The Hall–Kier alpha value is -4.30. The number of hydrogen-bond donors (Lipinski definition) is 1. The van der Waals surface area contributed by atoms with Crippen LogP contribution in [0.3, 0.4) is 0 Å². The summed E-state index contributed by atoms with van der Waals surface area (Å²) in [4.78, 5) is 26.4. The molecule has 40 heavy (non-hydrogen) atoms. The molecule has 1 N–H and O–H groups in total. The van der Waals surface area contributed by atoms with Gasteiger partial charge in [0.2, 0.25) is 5.91 Å². The average Bonchev–Trinajstić information content (AvgIpc) is 3.30. The van der Waals surface area contributed by atoms with Gasteiger partial charge >= 0.3 is 5.97 Å². The Kier molecular flexibility index (Phi) is 8.36. The number of amides is 1. The van der Waals surface area contributed by atoms with Crippen LogP contribution in [0.5, 0.6) is 11.5 Å². The molecule has 1 aliphatic rings. The number of aromatic carboxylic acids is 1. The Balaban J connectivity index is 1.29. The molecule has 0 atom stereocenters. The molecule has 4 aromatic rings. The van der Waals surface area contributed by atoms with Gasteiger partial charge in [0.1, 0.15) is 5.75 Å². The summed E-state index contributed by atoms with van der Waals surface area (Å²) in [6.07, 6.45) is 5.30. The van der Waals surface area contributed by atoms with Crippen LogP contribution in [0.4, 0.5) is 5.69 Å². The van der Waals surface area contributed by atoms with E-state index in [1.54, 1.807) is 34.0 Å². The van der Waals surface area contributed by atoms with Crippen LogP contribution in [-0.4, -0.2) is 46.5 Å². The smallest absolute Gasteiger partial charge is 0.335 e. The van der Waals surface area contributed by atoms with Gasteiger partial charge in [-0.15, -0.1) is 0 Å². The average molecular weight is 560 g/mol. The van der Waals surface area contributed by atoms with Gasteiger partial charge in [0, 0.05) is 40.9 Å². The van der Waals surface area contributed by atoms with Gasteiger partial charge in [-0.3, -0.25) is 9.48 Å². The third-order valence-corrected chi connectivity index (χ3v) is 7.24. The van der Waals surface area contributed by atoms with Gasteiger partial charge in [0.05, 0.1) is 37.2 Å². The highest BCUT2D eigenvalue weighted by molar-refractivity contribution is 6.31. The lowest BCUT2D eigenvalue weighted by atomic mass is 10.1. The van der Waals surface area contributed by atoms with Crippen molar-refractivity contribution in [1.82, 2.24) is 9.78 Å². The number of para-hydroxylation sites is 1. The zero-order valence-electron chi connectivity index (χ0n) is 22.2. The van der Waals surface area contributed by atoms with E-state index in [1.165, 1.54) is 0 Å². The number of benzene rings is 3. The number of hydrogen-bond acceptors (Lipinski definition) is 5. The number of rotatable bonds is 9. The number of anilines is 1. The Morgan fingerprint density at radius 1 is 1.12 bits per heavy atom. The van der Waals surface area contributed by atoms with Crippen LogP contribution >= 0.6 is 11.6 Å². The molecule has 0 fully saturated rings. The standard InChI is InChI=1S/C31H30ClN3O5/c1-21-26(32)10-4-12-28(21)39-15-5-13-29(36)35-14-6-16-40-30-25(9-3-11-27(30)35)24-18-33-34(20-24)19-22-7-2-8-23(17-22)31(37)38/h2-4,7-12,17-18,20H,5-6,13-16,19H2,1H3,(H,37,38). The van der Waals surface area contributed by atoms with Crippen molar-refractivity contribution in [2.75, 3.05) is 24.7 Å². The first-order valence-electron chi connectivity index (χ1n) is 13.2. The fraction of sp³-hybridized carbons (Fsp3) is 0.258. The van der Waals surface area contributed by atoms with Crippen molar-refractivity contribution in [3.05, 3.63) is 94.8 Å². The number of halogens is 1. The number of carboxylic acid groups (broad SMARTS) is 1. The molecular weight excluding hydrogens is 530 g/mol. The molecule has 206 valence electrons. The maximum atomic E-state index is 13.3. The van der Waals surface area contributed by atoms with Crippen LogP contribution in [0.2, 0.25) is 5.02 Å². The lowest BCUT2D eigenvalue weighted by Gasteiger charge is -2.23. The van der Waals surface area contributed by atoms with E-state index in [1.807, 2.05) is 55.6 Å². The van der Waals surface area contributed by atoms with Gasteiger partial charge in [0.25, 0.3) is 0 Å². The fourth-order valence-electron chi connectivity index (χ4n) is 4.76. The van der Waals surface area contributed by atoms with Crippen molar-refractivity contribution >= 4 is 29.2 Å². The molecule has 0 radical (unpaired) electrons. The van der Waals surface area contributed by atoms with Crippen molar-refractivity contribution in [1.29, 1.82) is 0 Å². The summed E-state index contributed by atoms with van der Waals surface area (Å²) in [7, 11) is 0. The minimum absolute atomic E-state index is 0.0179. The summed E-state index contributed by atoms with van der Waals surface area (Å²) in [5.41, 5.74) is 4.41. The van der Waals surface area contributed by atoms with Crippen LogP contribution < -0.4 is 14.4 Å². The lowest BCUT2D eigenvalue weighted by Crippen LogP contribution is -2.31. The molecule has 2 heterocycles. The van der Waals surface area contributed by atoms with Gasteiger partial charge in [0.15, 0.2) is 5.75 Å². The Labute approximate surface area is 237 Å². The number of carboxylic acids is 1. The SMILES string of the molecule is Cc1c(Cl)cccc1OCCCC(=O)N1CCCOc2c(-c3cnn(Cc4cccc(C(=O)O)c4)c3)cccc21. The first kappa shape index (κ1) is 27.3. The number of fused-ring (bicyclic) bond motifs is 1. The van der Waals surface area contributed by atoms with Crippen LogP contribution in [0.25, 0.3) is 11.1 Å². The number of aromatic nitrogens is 2. The van der Waals surface area contributed by atoms with Gasteiger partial charge in [-0.2, -0.15) is 5.10 Å². The molecule has 5 rings (SSSR count). The van der Waals surface area contributed by atoms with Crippen LogP contribution in [0, 0.1) is 6.92 Å². The second kappa shape index (κ2) is 12.3. The summed E-state index contributed by atoms with van der Waals surface area (Å²) in [5.74, 6) is 0.444. The first-order chi connectivity index (χ1) is 19.4. The summed E-state index contributed by atoms with van der Waals surface area (Å²) >= 11 is 6.18. The molecular formula is C31H30ClN3O5. The Bertz CT molecular complexity index is 1530. The number of ether oxygens (including phenoxy) is 2. The van der Waals surface area contributed by atoms with E-state index < -0.39 is 5.97 Å². The molecule has 1 aliphatic heterocycles. The Morgan fingerprint density at radius 2 is 1.95 bits per heavy atom. The number of carbonyl (C=O) groups excluding carboxylic acids is 1. The van der Waals surface area contributed by atoms with E-state index in [0.29, 0.717) is 49.9 Å². The first-order valence-corrected chi connectivity index (χ1v) is 13.6. The van der Waals surface area contributed by atoms with Gasteiger partial charge in [-0.05, 0) is 55.7 Å². The summed E-state index contributed by atoms with van der Waals surface area (Å²) in [5, 5.41) is 14.4. The molecule has 0 saturated heterocycles. The molecule has 0 unspecified atom stereocenters. The minimum Gasteiger partial charge on any atom is -0.493 e. The zero-order valence-corrected chi connectivity index (χ0v) is 22.9. The quantitative estimate of drug-likeness (QED) is 0.244. The third-order valence-electron chi connectivity index (χ3n) is 6.83. The van der Waals surface area contributed by atoms with E-state index >= 15 is 0 Å². The van der Waals surface area contributed by atoms with Crippen LogP contribution in [-0.2, 0) is 11.3 Å². The monoisotopic (exact) mass is 559 g/mol. The number of carbonyl (C=O) groups is 2. The molecule has 0 bridgehead atoms. The van der Waals surface area contributed by atoms with E-state index in [2.05, 4.69) is 5.10 Å². The zero-order chi connectivity index (χ0) is 28.1. The van der Waals surface area contributed by atoms with Crippen molar-refractivity contribution in [2.45, 2.75) is 32.7 Å². The van der Waals surface area contributed by atoms with Gasteiger partial charge in [-0.25, -0.2) is 4.79 Å². The topological polar surface area (TPSA) is 93.9 Å². The molecule has 0 spiro atoms. The van der Waals surface area contributed by atoms with Crippen molar-refractivity contribution < 1.29 is 24.2 Å². The van der Waals surface area contributed by atoms with Crippen molar-refractivity contribution in [3.63, 3.8) is 0 Å².